The molecule has 0 saturated carbocycles. The number of ether oxygens (including phenoxy) is 2. The lowest BCUT2D eigenvalue weighted by atomic mass is 10.2. The van der Waals surface area contributed by atoms with Crippen LogP contribution in [0.1, 0.15) is 0 Å². The second-order valence-corrected chi connectivity index (χ2v) is 3.46. The summed E-state index contributed by atoms with van der Waals surface area (Å²) in [6, 6.07) is 10.8. The van der Waals surface area contributed by atoms with Gasteiger partial charge in [-0.2, -0.15) is 0 Å². The molecule has 0 fully saturated rings. The van der Waals surface area contributed by atoms with Crippen LogP contribution in [0.2, 0.25) is 0 Å². The Morgan fingerprint density at radius 2 is 1.65 bits per heavy atom. The van der Waals surface area contributed by atoms with Crippen molar-refractivity contribution in [3.8, 4) is 17.2 Å². The summed E-state index contributed by atoms with van der Waals surface area (Å²) >= 11 is 0. The first-order chi connectivity index (χ1) is 8.19. The average Bonchev–Trinajstić information content (AvgIpc) is 2.35. The summed E-state index contributed by atoms with van der Waals surface area (Å²) in [5.41, 5.74) is 6.26. The highest BCUT2D eigenvalue weighted by Crippen LogP contribution is 2.31. The summed E-state index contributed by atoms with van der Waals surface area (Å²) in [7, 11) is 1.56. The van der Waals surface area contributed by atoms with E-state index in [9.17, 15) is 4.39 Å². The van der Waals surface area contributed by atoms with Crippen molar-refractivity contribution in [3.05, 3.63) is 48.3 Å². The van der Waals surface area contributed by atoms with Crippen molar-refractivity contribution in [1.82, 2.24) is 0 Å². The molecule has 17 heavy (non-hydrogen) atoms. The van der Waals surface area contributed by atoms with Gasteiger partial charge in [-0.15, -0.1) is 0 Å². The Labute approximate surface area is 98.6 Å². The molecule has 0 aromatic heterocycles. The van der Waals surface area contributed by atoms with Crippen LogP contribution in [0.5, 0.6) is 17.2 Å². The molecule has 2 rings (SSSR count). The van der Waals surface area contributed by atoms with Crippen LogP contribution >= 0.6 is 0 Å². The maximum absolute atomic E-state index is 12.7. The summed E-state index contributed by atoms with van der Waals surface area (Å²) in [6.45, 7) is 0. The third-order valence-corrected chi connectivity index (χ3v) is 2.26. The molecule has 3 nitrogen and oxygen atoms in total. The van der Waals surface area contributed by atoms with E-state index in [0.29, 0.717) is 22.9 Å². The lowest BCUT2D eigenvalue weighted by molar-refractivity contribution is 0.409. The molecule has 0 unspecified atom stereocenters. The standard InChI is InChI=1S/C13H12FNO2/c1-16-11-6-7-12(15)13(8-11)17-10-4-2-9(14)3-5-10/h2-8H,15H2,1H3. The van der Waals surface area contributed by atoms with Gasteiger partial charge in [0.2, 0.25) is 0 Å². The van der Waals surface area contributed by atoms with E-state index in [1.807, 2.05) is 0 Å². The van der Waals surface area contributed by atoms with Gasteiger partial charge in [0.25, 0.3) is 0 Å². The van der Waals surface area contributed by atoms with E-state index < -0.39 is 0 Å². The Bertz CT molecular complexity index is 511. The van der Waals surface area contributed by atoms with Crippen molar-refractivity contribution in [2.45, 2.75) is 0 Å². The fourth-order valence-corrected chi connectivity index (χ4v) is 1.36. The summed E-state index contributed by atoms with van der Waals surface area (Å²) in [5, 5.41) is 0. The van der Waals surface area contributed by atoms with E-state index in [1.165, 1.54) is 24.3 Å². The Hall–Kier alpha value is -2.23. The van der Waals surface area contributed by atoms with Crippen LogP contribution in [-0.2, 0) is 0 Å². The highest BCUT2D eigenvalue weighted by atomic mass is 19.1. The summed E-state index contributed by atoms with van der Waals surface area (Å²) < 4.78 is 23.3. The van der Waals surface area contributed by atoms with Gasteiger partial charge in [-0.05, 0) is 36.4 Å². The predicted molar refractivity (Wildman–Crippen MR) is 63.9 cm³/mol. The fraction of sp³-hybridized carbons (Fsp3) is 0.0769. The molecule has 2 N–H and O–H groups in total. The first kappa shape index (κ1) is 11.3. The Morgan fingerprint density at radius 3 is 2.29 bits per heavy atom. The second kappa shape index (κ2) is 4.74. The highest BCUT2D eigenvalue weighted by Gasteiger charge is 2.04. The van der Waals surface area contributed by atoms with Crippen molar-refractivity contribution < 1.29 is 13.9 Å². The fourth-order valence-electron chi connectivity index (χ4n) is 1.36. The maximum atomic E-state index is 12.7. The summed E-state index contributed by atoms with van der Waals surface area (Å²) in [5.74, 6) is 1.34. The molecule has 0 aliphatic carbocycles. The number of anilines is 1. The third kappa shape index (κ3) is 2.66. The second-order valence-electron chi connectivity index (χ2n) is 3.46. The van der Waals surface area contributed by atoms with Gasteiger partial charge < -0.3 is 15.2 Å². The number of benzene rings is 2. The zero-order valence-electron chi connectivity index (χ0n) is 9.31. The van der Waals surface area contributed by atoms with E-state index in [0.717, 1.165) is 0 Å². The lowest BCUT2D eigenvalue weighted by Gasteiger charge is -2.09. The number of hydrogen-bond acceptors (Lipinski definition) is 3. The SMILES string of the molecule is COc1ccc(N)c(Oc2ccc(F)cc2)c1. The number of nitrogen functional groups attached to an aromatic ring is 1. The normalized spacial score (nSPS) is 10.0. The van der Waals surface area contributed by atoms with Gasteiger partial charge in [-0.1, -0.05) is 0 Å². The number of hydrogen-bond donors (Lipinski definition) is 1. The van der Waals surface area contributed by atoms with Gasteiger partial charge in [0.1, 0.15) is 17.3 Å². The molecule has 0 bridgehead atoms. The van der Waals surface area contributed by atoms with Crippen molar-refractivity contribution in [2.75, 3.05) is 12.8 Å². The number of rotatable bonds is 3. The van der Waals surface area contributed by atoms with Crippen LogP contribution in [0.4, 0.5) is 10.1 Å². The van der Waals surface area contributed by atoms with Gasteiger partial charge in [-0.3, -0.25) is 0 Å². The van der Waals surface area contributed by atoms with Crippen LogP contribution in [0.25, 0.3) is 0 Å². The molecule has 4 heteroatoms. The minimum Gasteiger partial charge on any atom is -0.497 e. The first-order valence-corrected chi connectivity index (χ1v) is 5.06. The van der Waals surface area contributed by atoms with Crippen LogP contribution in [-0.4, -0.2) is 7.11 Å². The maximum Gasteiger partial charge on any atom is 0.153 e. The molecule has 2 aromatic rings. The van der Waals surface area contributed by atoms with E-state index in [1.54, 1.807) is 25.3 Å². The van der Waals surface area contributed by atoms with E-state index in [-0.39, 0.29) is 5.82 Å². The van der Waals surface area contributed by atoms with Crippen LogP contribution < -0.4 is 15.2 Å². The van der Waals surface area contributed by atoms with Crippen LogP contribution in [0.3, 0.4) is 0 Å². The Balaban J connectivity index is 2.25. The number of halogens is 1. The van der Waals surface area contributed by atoms with Gasteiger partial charge in [0, 0.05) is 6.07 Å². The largest absolute Gasteiger partial charge is 0.497 e. The first-order valence-electron chi connectivity index (χ1n) is 5.06. The molecule has 2 aromatic carbocycles. The molecule has 0 spiro atoms. The lowest BCUT2D eigenvalue weighted by Crippen LogP contribution is -1.93. The average molecular weight is 233 g/mol. The quantitative estimate of drug-likeness (QED) is 0.828. The van der Waals surface area contributed by atoms with E-state index >= 15 is 0 Å². The van der Waals surface area contributed by atoms with Crippen LogP contribution in [0.15, 0.2) is 42.5 Å². The smallest absolute Gasteiger partial charge is 0.153 e. The minimum absolute atomic E-state index is 0.309. The zero-order valence-corrected chi connectivity index (χ0v) is 9.31. The minimum atomic E-state index is -0.309. The number of methoxy groups -OCH3 is 1. The van der Waals surface area contributed by atoms with Crippen LogP contribution in [0, 0.1) is 5.82 Å². The molecule has 0 saturated heterocycles. The molecular formula is C13H12FNO2. The number of nitrogens with two attached hydrogens (primary N) is 1. The van der Waals surface area contributed by atoms with E-state index in [4.69, 9.17) is 15.2 Å². The molecule has 0 amide bonds. The summed E-state index contributed by atoms with van der Waals surface area (Å²) in [4.78, 5) is 0. The van der Waals surface area contributed by atoms with Gasteiger partial charge in [-0.25, -0.2) is 4.39 Å². The Kier molecular flexibility index (Phi) is 3.14. The molecule has 0 aliphatic rings. The van der Waals surface area contributed by atoms with Gasteiger partial charge in [0.05, 0.1) is 12.8 Å². The molecule has 0 atom stereocenters. The topological polar surface area (TPSA) is 44.5 Å². The van der Waals surface area contributed by atoms with Gasteiger partial charge in [0.15, 0.2) is 5.75 Å². The molecular weight excluding hydrogens is 221 g/mol. The molecule has 88 valence electrons. The summed E-state index contributed by atoms with van der Waals surface area (Å²) in [6.07, 6.45) is 0. The monoisotopic (exact) mass is 233 g/mol. The van der Waals surface area contributed by atoms with Crippen molar-refractivity contribution >= 4 is 5.69 Å². The van der Waals surface area contributed by atoms with Crippen molar-refractivity contribution in [1.29, 1.82) is 0 Å². The third-order valence-electron chi connectivity index (χ3n) is 2.26. The zero-order chi connectivity index (χ0) is 12.3. The predicted octanol–water partition coefficient (Wildman–Crippen LogP) is 3.21. The van der Waals surface area contributed by atoms with Gasteiger partial charge >= 0.3 is 0 Å². The van der Waals surface area contributed by atoms with Crippen molar-refractivity contribution in [3.63, 3.8) is 0 Å². The van der Waals surface area contributed by atoms with Crippen molar-refractivity contribution in [2.24, 2.45) is 0 Å². The molecule has 0 heterocycles. The molecule has 0 aliphatic heterocycles. The highest BCUT2D eigenvalue weighted by molar-refractivity contribution is 5.56. The van der Waals surface area contributed by atoms with E-state index in [2.05, 4.69) is 0 Å². The Morgan fingerprint density at radius 1 is 1.00 bits per heavy atom. The molecule has 0 radical (unpaired) electrons.